The van der Waals surface area contributed by atoms with E-state index >= 15 is 0 Å². The summed E-state index contributed by atoms with van der Waals surface area (Å²) < 4.78 is 5.78. The largest absolute Gasteiger partial charge is 0.479 e. The Kier molecular flexibility index (Phi) is 2.57. The van der Waals surface area contributed by atoms with E-state index in [1.54, 1.807) is 12.1 Å². The highest BCUT2D eigenvalue weighted by Crippen LogP contribution is 2.37. The van der Waals surface area contributed by atoms with Crippen LogP contribution in [0.1, 0.15) is 5.56 Å². The molecule has 0 unspecified atom stereocenters. The standard InChI is InChI=1S/C17H13NO3/c19-16-13-10-11-6-4-5-9-14(11)21-15(13)17(20)18(16)12-7-2-1-3-8-12/h1-9,13,15H,10H2/t13-,15+/m0/s1. The Morgan fingerprint density at radius 3 is 2.43 bits per heavy atom. The molecule has 0 spiro atoms. The van der Waals surface area contributed by atoms with Crippen LogP contribution in [-0.2, 0) is 16.0 Å². The van der Waals surface area contributed by atoms with E-state index in [2.05, 4.69) is 0 Å². The average Bonchev–Trinajstić information content (AvgIpc) is 2.77. The highest BCUT2D eigenvalue weighted by molar-refractivity contribution is 6.23. The second kappa shape index (κ2) is 4.45. The van der Waals surface area contributed by atoms with Gasteiger partial charge in [0.1, 0.15) is 5.75 Å². The summed E-state index contributed by atoms with van der Waals surface area (Å²) in [6.45, 7) is 0. The molecule has 0 aromatic heterocycles. The van der Waals surface area contributed by atoms with Gasteiger partial charge < -0.3 is 4.74 Å². The van der Waals surface area contributed by atoms with Crippen molar-refractivity contribution in [1.82, 2.24) is 0 Å². The summed E-state index contributed by atoms with van der Waals surface area (Å²) in [4.78, 5) is 26.4. The number of hydrogen-bond donors (Lipinski definition) is 0. The molecule has 2 aromatic carbocycles. The fraction of sp³-hybridized carbons (Fsp3) is 0.176. The Labute approximate surface area is 121 Å². The van der Waals surface area contributed by atoms with Crippen molar-refractivity contribution in [3.05, 3.63) is 60.2 Å². The summed E-state index contributed by atoms with van der Waals surface area (Å²) in [6.07, 6.45) is -0.151. The minimum atomic E-state index is -0.701. The number of hydrogen-bond acceptors (Lipinski definition) is 3. The first-order chi connectivity index (χ1) is 10.3. The summed E-state index contributed by atoms with van der Waals surface area (Å²) in [7, 11) is 0. The Bertz CT molecular complexity index is 683. The van der Waals surface area contributed by atoms with Gasteiger partial charge in [-0.2, -0.15) is 0 Å². The van der Waals surface area contributed by atoms with Crippen LogP contribution < -0.4 is 9.64 Å². The van der Waals surface area contributed by atoms with Gasteiger partial charge in [-0.3, -0.25) is 9.59 Å². The van der Waals surface area contributed by atoms with E-state index in [0.717, 1.165) is 5.56 Å². The molecular formula is C17H13NO3. The fourth-order valence-corrected chi connectivity index (χ4v) is 3.02. The van der Waals surface area contributed by atoms with Crippen LogP contribution in [0.15, 0.2) is 54.6 Å². The van der Waals surface area contributed by atoms with Crippen molar-refractivity contribution < 1.29 is 14.3 Å². The van der Waals surface area contributed by atoms with Crippen molar-refractivity contribution in [2.45, 2.75) is 12.5 Å². The van der Waals surface area contributed by atoms with Gasteiger partial charge in [0.2, 0.25) is 5.91 Å². The zero-order valence-corrected chi connectivity index (χ0v) is 11.2. The number of rotatable bonds is 1. The lowest BCUT2D eigenvalue weighted by Gasteiger charge is -2.24. The van der Waals surface area contributed by atoms with E-state index in [4.69, 9.17) is 4.74 Å². The predicted octanol–water partition coefficient (Wildman–Crippen LogP) is 2.18. The number of imide groups is 1. The first-order valence-electron chi connectivity index (χ1n) is 6.93. The third-order valence-corrected chi connectivity index (χ3v) is 4.05. The smallest absolute Gasteiger partial charge is 0.275 e. The number of ether oxygens (including phenoxy) is 1. The van der Waals surface area contributed by atoms with Crippen molar-refractivity contribution in [3.8, 4) is 5.75 Å². The molecule has 104 valence electrons. The summed E-state index contributed by atoms with van der Waals surface area (Å²) in [5, 5.41) is 0. The molecule has 1 fully saturated rings. The van der Waals surface area contributed by atoms with Crippen molar-refractivity contribution in [2.24, 2.45) is 5.92 Å². The number of benzene rings is 2. The third-order valence-electron chi connectivity index (χ3n) is 4.05. The quantitative estimate of drug-likeness (QED) is 0.752. The lowest BCUT2D eigenvalue weighted by atomic mass is 9.92. The van der Waals surface area contributed by atoms with Crippen LogP contribution in [0.3, 0.4) is 0 Å². The SMILES string of the molecule is O=C1[C@H]2Cc3ccccc3O[C@H]2C(=O)N1c1ccccc1. The lowest BCUT2D eigenvalue weighted by molar-refractivity contribution is -0.124. The van der Waals surface area contributed by atoms with Crippen molar-refractivity contribution in [1.29, 1.82) is 0 Å². The zero-order chi connectivity index (χ0) is 14.4. The van der Waals surface area contributed by atoms with Crippen LogP contribution in [0.5, 0.6) is 5.75 Å². The van der Waals surface area contributed by atoms with E-state index in [1.165, 1.54) is 4.90 Å². The number of amides is 2. The Morgan fingerprint density at radius 2 is 1.62 bits per heavy atom. The number of para-hydroxylation sites is 2. The van der Waals surface area contributed by atoms with E-state index in [9.17, 15) is 9.59 Å². The topological polar surface area (TPSA) is 46.6 Å². The molecule has 0 aliphatic carbocycles. The van der Waals surface area contributed by atoms with Crippen LogP contribution in [-0.4, -0.2) is 17.9 Å². The minimum Gasteiger partial charge on any atom is -0.479 e. The molecule has 2 aliphatic rings. The van der Waals surface area contributed by atoms with Crippen molar-refractivity contribution in [2.75, 3.05) is 4.90 Å². The van der Waals surface area contributed by atoms with Gasteiger partial charge in [-0.15, -0.1) is 0 Å². The number of anilines is 1. The van der Waals surface area contributed by atoms with Gasteiger partial charge in [0.05, 0.1) is 11.6 Å². The normalized spacial score (nSPS) is 23.5. The van der Waals surface area contributed by atoms with Gasteiger partial charge in [0.25, 0.3) is 5.91 Å². The maximum Gasteiger partial charge on any atom is 0.275 e. The maximum atomic E-state index is 12.6. The zero-order valence-electron chi connectivity index (χ0n) is 11.2. The molecular weight excluding hydrogens is 266 g/mol. The van der Waals surface area contributed by atoms with Gasteiger partial charge in [0, 0.05) is 0 Å². The Hall–Kier alpha value is -2.62. The second-order valence-electron chi connectivity index (χ2n) is 5.30. The van der Waals surface area contributed by atoms with Crippen LogP contribution in [0.2, 0.25) is 0 Å². The van der Waals surface area contributed by atoms with Gasteiger partial charge >= 0.3 is 0 Å². The molecule has 1 saturated heterocycles. The average molecular weight is 279 g/mol. The van der Waals surface area contributed by atoms with Crippen LogP contribution in [0, 0.1) is 5.92 Å². The van der Waals surface area contributed by atoms with E-state index in [1.807, 2.05) is 42.5 Å². The number of carbonyl (C=O) groups is 2. The van der Waals surface area contributed by atoms with Crippen molar-refractivity contribution >= 4 is 17.5 Å². The maximum absolute atomic E-state index is 12.6. The number of fused-ring (bicyclic) bond motifs is 2. The first kappa shape index (κ1) is 12.1. The molecule has 0 saturated carbocycles. The Morgan fingerprint density at radius 1 is 0.905 bits per heavy atom. The van der Waals surface area contributed by atoms with Gasteiger partial charge in [0.15, 0.2) is 6.10 Å². The molecule has 2 heterocycles. The lowest BCUT2D eigenvalue weighted by Crippen LogP contribution is -2.36. The van der Waals surface area contributed by atoms with Crippen LogP contribution >= 0.6 is 0 Å². The number of carbonyl (C=O) groups excluding carboxylic acids is 2. The molecule has 2 amide bonds. The fourth-order valence-electron chi connectivity index (χ4n) is 3.02. The molecule has 4 nitrogen and oxygen atoms in total. The molecule has 21 heavy (non-hydrogen) atoms. The molecule has 2 aromatic rings. The highest BCUT2D eigenvalue weighted by Gasteiger charge is 2.51. The first-order valence-corrected chi connectivity index (χ1v) is 6.93. The van der Waals surface area contributed by atoms with E-state index in [0.29, 0.717) is 17.9 Å². The molecule has 2 atom stereocenters. The molecule has 0 bridgehead atoms. The monoisotopic (exact) mass is 279 g/mol. The molecule has 4 heteroatoms. The third kappa shape index (κ3) is 1.76. The van der Waals surface area contributed by atoms with Crippen molar-refractivity contribution in [3.63, 3.8) is 0 Å². The summed E-state index contributed by atoms with van der Waals surface area (Å²) in [6, 6.07) is 16.6. The number of nitrogens with zero attached hydrogens (tertiary/aromatic N) is 1. The molecule has 4 rings (SSSR count). The molecule has 0 radical (unpaired) electrons. The van der Waals surface area contributed by atoms with E-state index in [-0.39, 0.29) is 11.8 Å². The Balaban J connectivity index is 1.73. The van der Waals surface area contributed by atoms with Crippen LogP contribution in [0.25, 0.3) is 0 Å². The highest BCUT2D eigenvalue weighted by atomic mass is 16.5. The summed E-state index contributed by atoms with van der Waals surface area (Å²) in [5.41, 5.74) is 1.59. The predicted molar refractivity (Wildman–Crippen MR) is 77.0 cm³/mol. The molecule has 0 N–H and O–H groups in total. The second-order valence-corrected chi connectivity index (χ2v) is 5.30. The van der Waals surface area contributed by atoms with E-state index < -0.39 is 12.0 Å². The van der Waals surface area contributed by atoms with Gasteiger partial charge in [-0.1, -0.05) is 36.4 Å². The molecule has 2 aliphatic heterocycles. The summed E-state index contributed by atoms with van der Waals surface area (Å²) >= 11 is 0. The minimum absolute atomic E-state index is 0.175. The van der Waals surface area contributed by atoms with Gasteiger partial charge in [-0.05, 0) is 30.2 Å². The summed E-state index contributed by atoms with van der Waals surface area (Å²) in [5.74, 6) is -0.168. The van der Waals surface area contributed by atoms with Crippen LogP contribution in [0.4, 0.5) is 5.69 Å². The van der Waals surface area contributed by atoms with Gasteiger partial charge in [-0.25, -0.2) is 4.90 Å².